The second-order valence-corrected chi connectivity index (χ2v) is 7.55. The normalized spacial score (nSPS) is 22.8. The lowest BCUT2D eigenvalue weighted by Gasteiger charge is -2.43. The van der Waals surface area contributed by atoms with Gasteiger partial charge in [0.2, 0.25) is 5.91 Å². The van der Waals surface area contributed by atoms with E-state index in [4.69, 9.17) is 14.6 Å². The van der Waals surface area contributed by atoms with Crippen molar-refractivity contribution in [3.63, 3.8) is 0 Å². The molecule has 11 heteroatoms. The number of ether oxygens (including phenoxy) is 2. The number of nitrogens with one attached hydrogen (secondary N) is 1. The zero-order valence-corrected chi connectivity index (χ0v) is 16.4. The van der Waals surface area contributed by atoms with Crippen LogP contribution in [-0.4, -0.2) is 93.2 Å². The number of benzene rings is 1. The number of hydrogen-bond acceptors (Lipinski definition) is 7. The second kappa shape index (κ2) is 8.70. The fourth-order valence-electron chi connectivity index (χ4n) is 3.88. The summed E-state index contributed by atoms with van der Waals surface area (Å²) < 4.78 is 40.0. The van der Waals surface area contributed by atoms with Crippen LogP contribution in [0.2, 0.25) is 0 Å². The molecule has 3 aliphatic heterocycles. The van der Waals surface area contributed by atoms with E-state index in [1.54, 1.807) is 4.90 Å². The van der Waals surface area contributed by atoms with Crippen LogP contribution in [0.4, 0.5) is 25.0 Å². The van der Waals surface area contributed by atoms with Gasteiger partial charge in [0.1, 0.15) is 18.4 Å². The fraction of sp³-hybridized carbons (Fsp3) is 0.579. The average Bonchev–Trinajstić information content (AvgIpc) is 3.06. The molecule has 3 fully saturated rings. The van der Waals surface area contributed by atoms with Gasteiger partial charge < -0.3 is 24.8 Å². The molecular weight excluding hydrogens is 402 g/mol. The largest absolute Gasteiger partial charge is 0.442 e. The highest BCUT2D eigenvalue weighted by atomic mass is 19.1. The van der Waals surface area contributed by atoms with E-state index in [-0.39, 0.29) is 24.5 Å². The molecule has 0 unspecified atom stereocenters. The molecule has 3 heterocycles. The van der Waals surface area contributed by atoms with Crippen LogP contribution in [0, 0.1) is 11.6 Å². The van der Waals surface area contributed by atoms with Crippen molar-refractivity contribution >= 4 is 23.4 Å². The number of aliphatic hydroxyl groups is 1. The van der Waals surface area contributed by atoms with Gasteiger partial charge in [-0.2, -0.15) is 0 Å². The summed E-state index contributed by atoms with van der Waals surface area (Å²) in [5.41, 5.74) is -0.0393. The van der Waals surface area contributed by atoms with Crippen molar-refractivity contribution in [2.45, 2.75) is 12.1 Å². The minimum atomic E-state index is -0.749. The zero-order valence-electron chi connectivity index (χ0n) is 16.4. The summed E-state index contributed by atoms with van der Waals surface area (Å²) in [4.78, 5) is 28.3. The van der Waals surface area contributed by atoms with Gasteiger partial charge in [-0.25, -0.2) is 13.6 Å². The maximum absolute atomic E-state index is 14.8. The summed E-state index contributed by atoms with van der Waals surface area (Å²) >= 11 is 0. The lowest BCUT2D eigenvalue weighted by Crippen LogP contribution is -2.56. The maximum atomic E-state index is 14.8. The van der Waals surface area contributed by atoms with Crippen molar-refractivity contribution in [2.75, 3.05) is 68.9 Å². The Hall–Kier alpha value is -2.50. The summed E-state index contributed by atoms with van der Waals surface area (Å²) in [6.45, 7) is 3.17. The summed E-state index contributed by atoms with van der Waals surface area (Å²) in [5, 5.41) is 11.1. The zero-order chi connectivity index (χ0) is 21.3. The Balaban J connectivity index is 1.41. The number of amides is 2. The van der Waals surface area contributed by atoms with Gasteiger partial charge in [-0.3, -0.25) is 14.6 Å². The molecule has 30 heavy (non-hydrogen) atoms. The number of anilines is 2. The molecule has 3 saturated heterocycles. The molecule has 0 spiro atoms. The Labute approximate surface area is 172 Å². The van der Waals surface area contributed by atoms with Gasteiger partial charge in [0.25, 0.3) is 0 Å². The van der Waals surface area contributed by atoms with E-state index in [0.717, 1.165) is 17.0 Å². The van der Waals surface area contributed by atoms with Crippen LogP contribution in [0.15, 0.2) is 12.1 Å². The molecule has 0 radical (unpaired) electrons. The van der Waals surface area contributed by atoms with E-state index in [9.17, 15) is 18.4 Å². The Bertz CT molecular complexity index is 791. The molecule has 164 valence electrons. The van der Waals surface area contributed by atoms with Crippen molar-refractivity contribution in [3.8, 4) is 0 Å². The summed E-state index contributed by atoms with van der Waals surface area (Å²) in [5.74, 6) is -2.08. The molecule has 3 aliphatic rings. The Morgan fingerprint density at radius 3 is 2.40 bits per heavy atom. The molecule has 1 atom stereocenters. The lowest BCUT2D eigenvalue weighted by molar-refractivity contribution is -0.124. The standard InChI is InChI=1S/C19H24F2N4O5/c20-15-5-12(25-8-14(30-19(25)28)7-22-17(27)9-26)6-16(21)18(15)24-3-1-23(2-4-24)13-10-29-11-13/h5-6,13-14,26H,1-4,7-11H2,(H,22,27)/t14-/m1/s1. The SMILES string of the molecule is O=C(CO)NC[C@@H]1CN(c2cc(F)c(N3CCN(C4COC4)CC3)c(F)c2)C(=O)O1. The van der Waals surface area contributed by atoms with Gasteiger partial charge in [-0.15, -0.1) is 0 Å². The van der Waals surface area contributed by atoms with Crippen molar-refractivity contribution in [1.29, 1.82) is 0 Å². The fourth-order valence-corrected chi connectivity index (χ4v) is 3.88. The Morgan fingerprint density at radius 1 is 1.17 bits per heavy atom. The van der Waals surface area contributed by atoms with E-state index in [0.29, 0.717) is 45.4 Å². The van der Waals surface area contributed by atoms with Crippen LogP contribution in [0.3, 0.4) is 0 Å². The number of rotatable bonds is 6. The monoisotopic (exact) mass is 426 g/mol. The number of aliphatic hydroxyl groups excluding tert-OH is 1. The molecule has 2 N–H and O–H groups in total. The van der Waals surface area contributed by atoms with Gasteiger partial charge in [0, 0.05) is 38.3 Å². The van der Waals surface area contributed by atoms with Crippen LogP contribution >= 0.6 is 0 Å². The third kappa shape index (κ3) is 4.18. The van der Waals surface area contributed by atoms with Gasteiger partial charge in [-0.05, 0) is 0 Å². The number of piperazine rings is 1. The molecule has 4 rings (SSSR count). The highest BCUT2D eigenvalue weighted by molar-refractivity contribution is 5.90. The number of hydrogen-bond donors (Lipinski definition) is 2. The van der Waals surface area contributed by atoms with Crippen molar-refractivity contribution in [3.05, 3.63) is 23.8 Å². The van der Waals surface area contributed by atoms with Crippen molar-refractivity contribution in [2.24, 2.45) is 0 Å². The van der Waals surface area contributed by atoms with Crippen LogP contribution in [0.1, 0.15) is 0 Å². The Kier molecular flexibility index (Phi) is 6.02. The summed E-state index contributed by atoms with van der Waals surface area (Å²) in [7, 11) is 0. The first kappa shape index (κ1) is 20.8. The van der Waals surface area contributed by atoms with Crippen LogP contribution < -0.4 is 15.1 Å². The first-order valence-corrected chi connectivity index (χ1v) is 9.87. The molecule has 0 bridgehead atoms. The van der Waals surface area contributed by atoms with E-state index in [2.05, 4.69) is 10.2 Å². The number of nitrogens with zero attached hydrogens (tertiary/aromatic N) is 3. The average molecular weight is 426 g/mol. The first-order chi connectivity index (χ1) is 14.5. The van der Waals surface area contributed by atoms with Gasteiger partial charge in [0.05, 0.1) is 38.0 Å². The summed E-state index contributed by atoms with van der Waals surface area (Å²) in [6, 6.07) is 2.64. The van der Waals surface area contributed by atoms with E-state index in [1.807, 2.05) is 0 Å². The molecular formula is C19H24F2N4O5. The lowest BCUT2D eigenvalue weighted by atomic mass is 10.1. The van der Waals surface area contributed by atoms with Gasteiger partial charge >= 0.3 is 6.09 Å². The third-order valence-electron chi connectivity index (χ3n) is 5.63. The van der Waals surface area contributed by atoms with E-state index < -0.39 is 36.3 Å². The second-order valence-electron chi connectivity index (χ2n) is 7.55. The summed E-state index contributed by atoms with van der Waals surface area (Å²) in [6.07, 6.45) is -1.43. The molecule has 0 saturated carbocycles. The molecule has 0 aromatic heterocycles. The number of halogens is 2. The first-order valence-electron chi connectivity index (χ1n) is 9.87. The number of carbonyl (C=O) groups excluding carboxylic acids is 2. The van der Waals surface area contributed by atoms with Gasteiger partial charge in [0.15, 0.2) is 11.6 Å². The van der Waals surface area contributed by atoms with Crippen LogP contribution in [0.5, 0.6) is 0 Å². The molecule has 0 aliphatic carbocycles. The van der Waals surface area contributed by atoms with Gasteiger partial charge in [-0.1, -0.05) is 0 Å². The van der Waals surface area contributed by atoms with Crippen LogP contribution in [0.25, 0.3) is 0 Å². The molecule has 9 nitrogen and oxygen atoms in total. The smallest absolute Gasteiger partial charge is 0.414 e. The van der Waals surface area contributed by atoms with Crippen LogP contribution in [-0.2, 0) is 14.3 Å². The predicted octanol–water partition coefficient (Wildman–Crippen LogP) is -0.0807. The maximum Gasteiger partial charge on any atom is 0.414 e. The quantitative estimate of drug-likeness (QED) is 0.657. The predicted molar refractivity (Wildman–Crippen MR) is 102 cm³/mol. The Morgan fingerprint density at radius 2 is 1.83 bits per heavy atom. The highest BCUT2D eigenvalue weighted by Gasteiger charge is 2.35. The van der Waals surface area contributed by atoms with E-state index in [1.165, 1.54) is 0 Å². The third-order valence-corrected chi connectivity index (χ3v) is 5.63. The molecule has 2 amide bonds. The minimum Gasteiger partial charge on any atom is -0.442 e. The molecule has 1 aromatic rings. The van der Waals surface area contributed by atoms with Crippen molar-refractivity contribution < 1.29 is 33.0 Å². The number of cyclic esters (lactones) is 1. The van der Waals surface area contributed by atoms with Crippen molar-refractivity contribution in [1.82, 2.24) is 10.2 Å². The number of carbonyl (C=O) groups is 2. The highest BCUT2D eigenvalue weighted by Crippen LogP contribution is 2.31. The minimum absolute atomic E-state index is 0.000985. The topological polar surface area (TPSA) is 94.6 Å². The van der Waals surface area contributed by atoms with E-state index >= 15 is 0 Å². The molecule has 1 aromatic carbocycles.